The van der Waals surface area contributed by atoms with Crippen molar-refractivity contribution in [1.82, 2.24) is 4.90 Å². The van der Waals surface area contributed by atoms with Crippen LogP contribution in [0.5, 0.6) is 0 Å². The first-order chi connectivity index (χ1) is 10.8. The fraction of sp³-hybridized carbons (Fsp3) is 0.905. The van der Waals surface area contributed by atoms with Crippen LogP contribution in [0.2, 0.25) is 0 Å². The SMILES string of the molecule is C=CCCCCCCCCCCCC1CCC(CC)N1CC. The molecule has 2 unspecified atom stereocenters. The molecule has 1 heterocycles. The zero-order valence-corrected chi connectivity index (χ0v) is 15.5. The summed E-state index contributed by atoms with van der Waals surface area (Å²) in [4.78, 5) is 2.78. The van der Waals surface area contributed by atoms with Crippen LogP contribution in [0.4, 0.5) is 0 Å². The number of allylic oxidation sites excluding steroid dienone is 1. The second-order valence-corrected chi connectivity index (χ2v) is 7.17. The van der Waals surface area contributed by atoms with E-state index in [0.717, 1.165) is 12.1 Å². The Hall–Kier alpha value is -0.300. The first-order valence-electron chi connectivity index (χ1n) is 10.2. The maximum Gasteiger partial charge on any atom is 0.00986 e. The summed E-state index contributed by atoms with van der Waals surface area (Å²) in [6.45, 7) is 9.74. The van der Waals surface area contributed by atoms with Gasteiger partial charge in [-0.15, -0.1) is 6.58 Å². The Morgan fingerprint density at radius 3 is 1.91 bits per heavy atom. The van der Waals surface area contributed by atoms with Gasteiger partial charge < -0.3 is 0 Å². The molecule has 1 rings (SSSR count). The number of rotatable bonds is 14. The molecule has 22 heavy (non-hydrogen) atoms. The first kappa shape index (κ1) is 19.7. The van der Waals surface area contributed by atoms with E-state index in [2.05, 4.69) is 25.3 Å². The third-order valence-corrected chi connectivity index (χ3v) is 5.55. The van der Waals surface area contributed by atoms with Crippen molar-refractivity contribution < 1.29 is 0 Å². The summed E-state index contributed by atoms with van der Waals surface area (Å²) >= 11 is 0. The summed E-state index contributed by atoms with van der Waals surface area (Å²) in [6.07, 6.45) is 21.9. The van der Waals surface area contributed by atoms with E-state index in [1.807, 2.05) is 6.08 Å². The third kappa shape index (κ3) is 7.81. The molecule has 0 aromatic heterocycles. The van der Waals surface area contributed by atoms with Crippen molar-refractivity contribution in [2.45, 2.75) is 116 Å². The normalized spacial score (nSPS) is 22.3. The number of hydrogen-bond donors (Lipinski definition) is 0. The van der Waals surface area contributed by atoms with E-state index >= 15 is 0 Å². The Labute approximate surface area is 140 Å². The first-order valence-corrected chi connectivity index (χ1v) is 10.2. The van der Waals surface area contributed by atoms with Crippen LogP contribution in [-0.2, 0) is 0 Å². The molecule has 1 aliphatic rings. The zero-order chi connectivity index (χ0) is 16.0. The Bertz CT molecular complexity index is 261. The summed E-state index contributed by atoms with van der Waals surface area (Å²) in [5.41, 5.74) is 0. The third-order valence-electron chi connectivity index (χ3n) is 5.55. The van der Waals surface area contributed by atoms with Gasteiger partial charge in [0.1, 0.15) is 0 Å². The summed E-state index contributed by atoms with van der Waals surface area (Å²) in [6, 6.07) is 1.79. The highest BCUT2D eigenvalue weighted by molar-refractivity contribution is 4.85. The van der Waals surface area contributed by atoms with Crippen molar-refractivity contribution in [3.63, 3.8) is 0 Å². The van der Waals surface area contributed by atoms with Gasteiger partial charge in [0.15, 0.2) is 0 Å². The van der Waals surface area contributed by atoms with Crippen LogP contribution in [0.15, 0.2) is 12.7 Å². The molecular formula is C21H41N. The molecule has 1 fully saturated rings. The van der Waals surface area contributed by atoms with E-state index in [1.165, 1.54) is 96.4 Å². The second kappa shape index (κ2) is 13.2. The fourth-order valence-electron chi connectivity index (χ4n) is 4.19. The van der Waals surface area contributed by atoms with Crippen molar-refractivity contribution in [2.24, 2.45) is 0 Å². The van der Waals surface area contributed by atoms with Crippen LogP contribution in [0.3, 0.4) is 0 Å². The molecule has 0 aromatic carbocycles. The van der Waals surface area contributed by atoms with Gasteiger partial charge in [-0.05, 0) is 45.1 Å². The quantitative estimate of drug-likeness (QED) is 0.254. The maximum absolute atomic E-state index is 3.78. The summed E-state index contributed by atoms with van der Waals surface area (Å²) < 4.78 is 0. The highest BCUT2D eigenvalue weighted by Gasteiger charge is 2.29. The predicted molar refractivity (Wildman–Crippen MR) is 100 cm³/mol. The predicted octanol–water partition coefficient (Wildman–Crippen LogP) is 6.73. The minimum atomic E-state index is 0.885. The minimum absolute atomic E-state index is 0.885. The smallest absolute Gasteiger partial charge is 0.00986 e. The summed E-state index contributed by atoms with van der Waals surface area (Å²) in [7, 11) is 0. The molecule has 130 valence electrons. The van der Waals surface area contributed by atoms with Gasteiger partial charge in [0.05, 0.1) is 0 Å². The van der Waals surface area contributed by atoms with Gasteiger partial charge in [-0.25, -0.2) is 0 Å². The Kier molecular flexibility index (Phi) is 11.8. The molecule has 0 spiro atoms. The number of unbranched alkanes of at least 4 members (excludes halogenated alkanes) is 9. The van der Waals surface area contributed by atoms with Crippen molar-refractivity contribution in [3.8, 4) is 0 Å². The van der Waals surface area contributed by atoms with E-state index < -0.39 is 0 Å². The van der Waals surface area contributed by atoms with Crippen molar-refractivity contribution in [1.29, 1.82) is 0 Å². The zero-order valence-electron chi connectivity index (χ0n) is 15.5. The largest absolute Gasteiger partial charge is 0.298 e. The maximum atomic E-state index is 3.78. The number of likely N-dealkylation sites (tertiary alicyclic amines) is 1. The lowest BCUT2D eigenvalue weighted by molar-refractivity contribution is 0.188. The molecule has 0 saturated carbocycles. The van der Waals surface area contributed by atoms with Gasteiger partial charge in [0.25, 0.3) is 0 Å². The second-order valence-electron chi connectivity index (χ2n) is 7.17. The highest BCUT2D eigenvalue weighted by atomic mass is 15.2. The van der Waals surface area contributed by atoms with Crippen molar-refractivity contribution in [3.05, 3.63) is 12.7 Å². The Balaban J connectivity index is 1.90. The van der Waals surface area contributed by atoms with Gasteiger partial charge in [-0.1, -0.05) is 71.3 Å². The molecule has 0 aromatic rings. The van der Waals surface area contributed by atoms with E-state index in [9.17, 15) is 0 Å². The van der Waals surface area contributed by atoms with Crippen molar-refractivity contribution in [2.75, 3.05) is 6.54 Å². The molecule has 0 bridgehead atoms. The molecule has 1 saturated heterocycles. The lowest BCUT2D eigenvalue weighted by atomic mass is 10.0. The van der Waals surface area contributed by atoms with E-state index in [0.29, 0.717) is 0 Å². The lowest BCUT2D eigenvalue weighted by Gasteiger charge is -2.28. The molecule has 0 N–H and O–H groups in total. The standard InChI is InChI=1S/C21H41N/c1-4-7-8-9-10-11-12-13-14-15-16-17-21-19-18-20(5-2)22(21)6-3/h4,20-21H,1,5-19H2,2-3H3. The average Bonchev–Trinajstić information content (AvgIpc) is 2.94. The molecule has 2 atom stereocenters. The van der Waals surface area contributed by atoms with Crippen LogP contribution < -0.4 is 0 Å². The molecule has 1 nitrogen and oxygen atoms in total. The Morgan fingerprint density at radius 1 is 0.818 bits per heavy atom. The van der Waals surface area contributed by atoms with Crippen LogP contribution in [0.1, 0.15) is 104 Å². The number of hydrogen-bond acceptors (Lipinski definition) is 1. The fourth-order valence-corrected chi connectivity index (χ4v) is 4.19. The topological polar surface area (TPSA) is 3.24 Å². The van der Waals surface area contributed by atoms with E-state index in [4.69, 9.17) is 0 Å². The minimum Gasteiger partial charge on any atom is -0.298 e. The molecule has 0 aliphatic carbocycles. The summed E-state index contributed by atoms with van der Waals surface area (Å²) in [5.74, 6) is 0. The number of nitrogens with zero attached hydrogens (tertiary/aromatic N) is 1. The summed E-state index contributed by atoms with van der Waals surface area (Å²) in [5, 5.41) is 0. The molecule has 1 heteroatoms. The highest BCUT2D eigenvalue weighted by Crippen LogP contribution is 2.29. The van der Waals surface area contributed by atoms with Gasteiger partial charge in [0.2, 0.25) is 0 Å². The Morgan fingerprint density at radius 2 is 1.36 bits per heavy atom. The lowest BCUT2D eigenvalue weighted by Crippen LogP contribution is -2.35. The monoisotopic (exact) mass is 307 g/mol. The molecular weight excluding hydrogens is 266 g/mol. The molecule has 1 aliphatic heterocycles. The van der Waals surface area contributed by atoms with Crippen LogP contribution in [0.25, 0.3) is 0 Å². The van der Waals surface area contributed by atoms with Crippen LogP contribution >= 0.6 is 0 Å². The average molecular weight is 308 g/mol. The molecule has 0 radical (unpaired) electrons. The van der Waals surface area contributed by atoms with Gasteiger partial charge in [-0.3, -0.25) is 4.90 Å². The van der Waals surface area contributed by atoms with Crippen molar-refractivity contribution >= 4 is 0 Å². The van der Waals surface area contributed by atoms with Gasteiger partial charge >= 0.3 is 0 Å². The van der Waals surface area contributed by atoms with E-state index in [-0.39, 0.29) is 0 Å². The van der Waals surface area contributed by atoms with E-state index in [1.54, 1.807) is 0 Å². The molecule has 0 amide bonds. The van der Waals surface area contributed by atoms with Crippen LogP contribution in [0, 0.1) is 0 Å². The van der Waals surface area contributed by atoms with Gasteiger partial charge in [-0.2, -0.15) is 0 Å². The van der Waals surface area contributed by atoms with Crippen LogP contribution in [-0.4, -0.2) is 23.5 Å². The van der Waals surface area contributed by atoms with Gasteiger partial charge in [0, 0.05) is 12.1 Å².